The van der Waals surface area contributed by atoms with Gasteiger partial charge in [-0.2, -0.15) is 0 Å². The van der Waals surface area contributed by atoms with Crippen molar-refractivity contribution in [1.29, 1.82) is 0 Å². The Hall–Kier alpha value is -1.30. The van der Waals surface area contributed by atoms with Crippen molar-refractivity contribution in [3.05, 3.63) is 0 Å². The van der Waals surface area contributed by atoms with Gasteiger partial charge in [-0.3, -0.25) is 4.79 Å². The molecule has 0 unspecified atom stereocenters. The number of aliphatic carboxylic acids is 1. The van der Waals surface area contributed by atoms with E-state index in [2.05, 4.69) is 17.6 Å². The summed E-state index contributed by atoms with van der Waals surface area (Å²) < 4.78 is 6.09. The lowest BCUT2D eigenvalue weighted by Crippen LogP contribution is -2.51. The first-order valence-corrected chi connectivity index (χ1v) is 9.46. The Morgan fingerprint density at radius 3 is 2.38 bits per heavy atom. The molecule has 0 heterocycles. The van der Waals surface area contributed by atoms with Crippen LogP contribution < -0.4 is 10.6 Å². The summed E-state index contributed by atoms with van der Waals surface area (Å²) in [4.78, 5) is 23.2. The predicted molar refractivity (Wildman–Crippen MR) is 92.0 cm³/mol. The Labute approximate surface area is 144 Å². The molecule has 0 bridgehead atoms. The first-order valence-electron chi connectivity index (χ1n) is 9.46. The molecule has 2 fully saturated rings. The van der Waals surface area contributed by atoms with E-state index in [0.29, 0.717) is 19.4 Å². The van der Waals surface area contributed by atoms with Gasteiger partial charge in [0.05, 0.1) is 11.5 Å². The van der Waals surface area contributed by atoms with Crippen molar-refractivity contribution in [2.24, 2.45) is 5.92 Å². The number of urea groups is 1. The minimum absolute atomic E-state index is 0.0828. The van der Waals surface area contributed by atoms with E-state index in [0.717, 1.165) is 51.6 Å². The van der Waals surface area contributed by atoms with Crippen LogP contribution in [0.4, 0.5) is 4.79 Å². The molecule has 2 aliphatic rings. The van der Waals surface area contributed by atoms with Crippen LogP contribution in [0.5, 0.6) is 0 Å². The van der Waals surface area contributed by atoms with Gasteiger partial charge in [0.15, 0.2) is 0 Å². The Morgan fingerprint density at radius 2 is 1.79 bits per heavy atom. The second kappa shape index (κ2) is 9.25. The monoisotopic (exact) mass is 340 g/mol. The third-order valence-electron chi connectivity index (χ3n) is 5.36. The SMILES string of the molecule is CCCOC1(CNC(=O)NC2CCC(C(=O)O)CC2)CCCCC1. The van der Waals surface area contributed by atoms with E-state index in [1.54, 1.807) is 0 Å². The molecule has 138 valence electrons. The fourth-order valence-electron chi connectivity index (χ4n) is 3.85. The van der Waals surface area contributed by atoms with Crippen molar-refractivity contribution in [2.45, 2.75) is 82.8 Å². The number of rotatable bonds is 7. The fourth-order valence-corrected chi connectivity index (χ4v) is 3.85. The molecule has 3 N–H and O–H groups in total. The first kappa shape index (κ1) is 19.0. The van der Waals surface area contributed by atoms with Gasteiger partial charge in [-0.25, -0.2) is 4.79 Å². The molecular formula is C18H32N2O4. The van der Waals surface area contributed by atoms with Crippen molar-refractivity contribution in [3.8, 4) is 0 Å². The zero-order valence-electron chi connectivity index (χ0n) is 14.8. The largest absolute Gasteiger partial charge is 0.481 e. The molecule has 0 spiro atoms. The molecular weight excluding hydrogens is 308 g/mol. The summed E-state index contributed by atoms with van der Waals surface area (Å²) in [5, 5.41) is 15.0. The Kier molecular flexibility index (Phi) is 7.34. The minimum Gasteiger partial charge on any atom is -0.481 e. The lowest BCUT2D eigenvalue weighted by Gasteiger charge is -2.37. The second-order valence-corrected chi connectivity index (χ2v) is 7.31. The average molecular weight is 340 g/mol. The zero-order chi connectivity index (χ0) is 17.4. The molecule has 0 aromatic heterocycles. The molecule has 0 radical (unpaired) electrons. The molecule has 0 aromatic carbocycles. The molecule has 24 heavy (non-hydrogen) atoms. The second-order valence-electron chi connectivity index (χ2n) is 7.31. The van der Waals surface area contributed by atoms with Gasteiger partial charge < -0.3 is 20.5 Å². The molecule has 6 heteroatoms. The van der Waals surface area contributed by atoms with E-state index in [4.69, 9.17) is 9.84 Å². The molecule has 2 amide bonds. The number of ether oxygens (including phenoxy) is 1. The van der Waals surface area contributed by atoms with E-state index in [9.17, 15) is 9.59 Å². The van der Waals surface area contributed by atoms with Crippen molar-refractivity contribution in [2.75, 3.05) is 13.2 Å². The van der Waals surface area contributed by atoms with E-state index in [1.807, 2.05) is 0 Å². The lowest BCUT2D eigenvalue weighted by atomic mass is 9.84. The normalized spacial score (nSPS) is 26.5. The molecule has 2 saturated carbocycles. The number of carbonyl (C=O) groups excluding carboxylic acids is 1. The number of carbonyl (C=O) groups is 2. The molecule has 0 saturated heterocycles. The van der Waals surface area contributed by atoms with Crippen LogP contribution in [0.15, 0.2) is 0 Å². The number of carboxylic acid groups (broad SMARTS) is 1. The minimum atomic E-state index is -0.717. The Morgan fingerprint density at radius 1 is 1.12 bits per heavy atom. The van der Waals surface area contributed by atoms with Crippen molar-refractivity contribution < 1.29 is 19.4 Å². The van der Waals surface area contributed by atoms with Crippen LogP contribution in [-0.2, 0) is 9.53 Å². The third kappa shape index (κ3) is 5.65. The topological polar surface area (TPSA) is 87.7 Å². The van der Waals surface area contributed by atoms with Gasteiger partial charge in [0.25, 0.3) is 0 Å². The average Bonchev–Trinajstić information content (AvgIpc) is 2.60. The molecule has 0 aliphatic heterocycles. The first-order chi connectivity index (χ1) is 11.5. The highest BCUT2D eigenvalue weighted by molar-refractivity contribution is 5.74. The maximum atomic E-state index is 12.2. The smallest absolute Gasteiger partial charge is 0.315 e. The van der Waals surface area contributed by atoms with Crippen LogP contribution in [0.3, 0.4) is 0 Å². The van der Waals surface area contributed by atoms with Crippen molar-refractivity contribution in [3.63, 3.8) is 0 Å². The lowest BCUT2D eigenvalue weighted by molar-refractivity contribution is -0.142. The van der Waals surface area contributed by atoms with Crippen molar-refractivity contribution in [1.82, 2.24) is 10.6 Å². The zero-order valence-corrected chi connectivity index (χ0v) is 14.8. The van der Waals surface area contributed by atoms with Crippen LogP contribution in [0.2, 0.25) is 0 Å². The summed E-state index contributed by atoms with van der Waals surface area (Å²) >= 11 is 0. The summed E-state index contributed by atoms with van der Waals surface area (Å²) in [6.45, 7) is 3.40. The molecule has 2 rings (SSSR count). The van der Waals surface area contributed by atoms with Gasteiger partial charge in [-0.15, -0.1) is 0 Å². The van der Waals surface area contributed by atoms with Crippen LogP contribution >= 0.6 is 0 Å². The molecule has 2 aliphatic carbocycles. The third-order valence-corrected chi connectivity index (χ3v) is 5.36. The fraction of sp³-hybridized carbons (Fsp3) is 0.889. The van der Waals surface area contributed by atoms with Crippen LogP contribution in [0.25, 0.3) is 0 Å². The standard InChI is InChI=1S/C18H32N2O4/c1-2-12-24-18(10-4-3-5-11-18)13-19-17(23)20-15-8-6-14(7-9-15)16(21)22/h14-15H,2-13H2,1H3,(H,21,22)(H2,19,20,23). The van der Waals surface area contributed by atoms with E-state index in [1.165, 1.54) is 6.42 Å². The molecule has 0 atom stereocenters. The highest BCUT2D eigenvalue weighted by atomic mass is 16.5. The summed E-state index contributed by atoms with van der Waals surface area (Å²) in [7, 11) is 0. The highest BCUT2D eigenvalue weighted by Gasteiger charge is 2.33. The van der Waals surface area contributed by atoms with Gasteiger partial charge in [-0.05, 0) is 44.9 Å². The summed E-state index contributed by atoms with van der Waals surface area (Å²) in [5.74, 6) is -0.968. The highest BCUT2D eigenvalue weighted by Crippen LogP contribution is 2.31. The Bertz CT molecular complexity index is 413. The van der Waals surface area contributed by atoms with Gasteiger partial charge in [0.1, 0.15) is 0 Å². The van der Waals surface area contributed by atoms with E-state index in [-0.39, 0.29) is 23.6 Å². The van der Waals surface area contributed by atoms with Gasteiger partial charge in [0.2, 0.25) is 0 Å². The van der Waals surface area contributed by atoms with Gasteiger partial charge >= 0.3 is 12.0 Å². The van der Waals surface area contributed by atoms with Gasteiger partial charge in [-0.1, -0.05) is 26.2 Å². The number of carboxylic acids is 1. The summed E-state index contributed by atoms with van der Waals surface area (Å²) in [6.07, 6.45) is 9.33. The number of hydrogen-bond acceptors (Lipinski definition) is 3. The van der Waals surface area contributed by atoms with E-state index < -0.39 is 5.97 Å². The summed E-state index contributed by atoms with van der Waals surface area (Å²) in [5.41, 5.74) is -0.202. The van der Waals surface area contributed by atoms with Gasteiger partial charge in [0, 0.05) is 19.2 Å². The maximum absolute atomic E-state index is 12.2. The van der Waals surface area contributed by atoms with E-state index >= 15 is 0 Å². The Balaban J connectivity index is 1.74. The number of hydrogen-bond donors (Lipinski definition) is 3. The molecule has 6 nitrogen and oxygen atoms in total. The predicted octanol–water partition coefficient (Wildman–Crippen LogP) is 3.06. The quantitative estimate of drug-likeness (QED) is 0.665. The van der Waals surface area contributed by atoms with Crippen LogP contribution in [-0.4, -0.2) is 41.9 Å². The van der Waals surface area contributed by atoms with Crippen molar-refractivity contribution >= 4 is 12.0 Å². The van der Waals surface area contributed by atoms with Crippen LogP contribution in [0.1, 0.15) is 71.1 Å². The number of nitrogens with one attached hydrogen (secondary N) is 2. The maximum Gasteiger partial charge on any atom is 0.315 e. The number of amides is 2. The van der Waals surface area contributed by atoms with Crippen LogP contribution in [0, 0.1) is 5.92 Å². The summed E-state index contributed by atoms with van der Waals surface area (Å²) in [6, 6.07) is -0.0710. The molecule has 0 aromatic rings.